The summed E-state index contributed by atoms with van der Waals surface area (Å²) in [6, 6.07) is 11.4. The molecule has 0 unspecified atom stereocenters. The van der Waals surface area contributed by atoms with Crippen molar-refractivity contribution >= 4 is 11.6 Å². The predicted molar refractivity (Wildman–Crippen MR) is 97.3 cm³/mol. The number of aryl methyl sites for hydroxylation is 2. The quantitative estimate of drug-likeness (QED) is 0.555. The molecule has 0 N–H and O–H groups in total. The third kappa shape index (κ3) is 2.52. The van der Waals surface area contributed by atoms with Gasteiger partial charge in [-0.3, -0.25) is 0 Å². The molecule has 0 radical (unpaired) electrons. The van der Waals surface area contributed by atoms with Crippen molar-refractivity contribution < 1.29 is 0 Å². The van der Waals surface area contributed by atoms with Crippen LogP contribution in [0.4, 0.5) is 0 Å². The second kappa shape index (κ2) is 5.76. The largest absolute Gasteiger partial charge is 0.0625 e. The lowest BCUT2D eigenvalue weighted by atomic mass is 9.77. The summed E-state index contributed by atoms with van der Waals surface area (Å²) in [4.78, 5) is 0. The Hall–Kier alpha value is -1.82. The van der Waals surface area contributed by atoms with Crippen molar-refractivity contribution in [2.75, 3.05) is 0 Å². The van der Waals surface area contributed by atoms with Gasteiger partial charge in [-0.15, -0.1) is 0 Å². The first-order valence-corrected chi connectivity index (χ1v) is 8.45. The SMILES string of the molecule is CCc1c(C)cc(C)cc1C1=Cc2c(CC(C)C)cccc21. The van der Waals surface area contributed by atoms with E-state index in [9.17, 15) is 0 Å². The predicted octanol–water partition coefficient (Wildman–Crippen LogP) is 5.97. The summed E-state index contributed by atoms with van der Waals surface area (Å²) in [6.45, 7) is 11.3. The molecule has 0 bridgehead atoms. The molecule has 0 aromatic heterocycles. The maximum atomic E-state index is 2.40. The Morgan fingerprint density at radius 1 is 1.00 bits per heavy atom. The van der Waals surface area contributed by atoms with Crippen LogP contribution in [-0.4, -0.2) is 0 Å². The molecule has 2 aromatic carbocycles. The number of rotatable bonds is 4. The molecule has 0 amide bonds. The van der Waals surface area contributed by atoms with Crippen molar-refractivity contribution in [1.82, 2.24) is 0 Å². The molecule has 0 fully saturated rings. The lowest BCUT2D eigenvalue weighted by Crippen LogP contribution is -2.09. The average molecular weight is 290 g/mol. The molecule has 0 saturated heterocycles. The van der Waals surface area contributed by atoms with Crippen molar-refractivity contribution in [3.8, 4) is 0 Å². The van der Waals surface area contributed by atoms with Gasteiger partial charge in [-0.25, -0.2) is 0 Å². The molecule has 0 nitrogen and oxygen atoms in total. The summed E-state index contributed by atoms with van der Waals surface area (Å²) < 4.78 is 0. The van der Waals surface area contributed by atoms with E-state index in [-0.39, 0.29) is 0 Å². The Morgan fingerprint density at radius 3 is 2.45 bits per heavy atom. The Labute approximate surface area is 134 Å². The molecule has 1 aliphatic rings. The highest BCUT2D eigenvalue weighted by Gasteiger charge is 2.23. The first-order chi connectivity index (χ1) is 10.5. The Balaban J connectivity index is 2.06. The van der Waals surface area contributed by atoms with Gasteiger partial charge in [-0.2, -0.15) is 0 Å². The highest BCUT2D eigenvalue weighted by molar-refractivity contribution is 6.04. The van der Waals surface area contributed by atoms with Gasteiger partial charge in [0.1, 0.15) is 0 Å². The molecule has 0 aliphatic heterocycles. The number of hydrogen-bond acceptors (Lipinski definition) is 0. The Kier molecular flexibility index (Phi) is 3.95. The molecule has 0 saturated carbocycles. The van der Waals surface area contributed by atoms with Gasteiger partial charge in [0.05, 0.1) is 0 Å². The van der Waals surface area contributed by atoms with E-state index in [1.165, 1.54) is 50.9 Å². The second-order valence-electron chi connectivity index (χ2n) is 7.00. The second-order valence-corrected chi connectivity index (χ2v) is 7.00. The molecule has 1 aliphatic carbocycles. The van der Waals surface area contributed by atoms with Crippen LogP contribution in [0.5, 0.6) is 0 Å². The maximum absolute atomic E-state index is 2.40. The lowest BCUT2D eigenvalue weighted by molar-refractivity contribution is 0.646. The van der Waals surface area contributed by atoms with Crippen molar-refractivity contribution in [1.29, 1.82) is 0 Å². The zero-order chi connectivity index (χ0) is 15.9. The standard InChI is InChI=1S/C22H26/c1-6-18-16(5)11-15(4)12-21(18)22-13-20-17(10-14(2)3)8-7-9-19(20)22/h7-9,11-14H,6,10H2,1-5H3. The van der Waals surface area contributed by atoms with Gasteiger partial charge in [0.2, 0.25) is 0 Å². The zero-order valence-electron chi connectivity index (χ0n) is 14.5. The summed E-state index contributed by atoms with van der Waals surface area (Å²) in [5, 5.41) is 0. The molecule has 22 heavy (non-hydrogen) atoms. The van der Waals surface area contributed by atoms with Crippen LogP contribution >= 0.6 is 0 Å². The van der Waals surface area contributed by atoms with Gasteiger partial charge in [-0.05, 0) is 77.6 Å². The van der Waals surface area contributed by atoms with Gasteiger partial charge in [0, 0.05) is 0 Å². The fourth-order valence-corrected chi connectivity index (χ4v) is 3.71. The van der Waals surface area contributed by atoms with Crippen molar-refractivity contribution in [3.63, 3.8) is 0 Å². The minimum atomic E-state index is 0.705. The van der Waals surface area contributed by atoms with Gasteiger partial charge < -0.3 is 0 Å². The van der Waals surface area contributed by atoms with Gasteiger partial charge in [0.15, 0.2) is 0 Å². The number of hydrogen-bond donors (Lipinski definition) is 0. The van der Waals surface area contributed by atoms with E-state index in [0.29, 0.717) is 5.92 Å². The molecular weight excluding hydrogens is 264 g/mol. The van der Waals surface area contributed by atoms with Crippen LogP contribution in [-0.2, 0) is 12.8 Å². The van der Waals surface area contributed by atoms with Gasteiger partial charge in [0.25, 0.3) is 0 Å². The zero-order valence-corrected chi connectivity index (χ0v) is 14.5. The van der Waals surface area contributed by atoms with E-state index in [0.717, 1.165) is 6.42 Å². The van der Waals surface area contributed by atoms with Crippen LogP contribution in [0.1, 0.15) is 59.7 Å². The summed E-state index contributed by atoms with van der Waals surface area (Å²) >= 11 is 0. The highest BCUT2D eigenvalue weighted by Crippen LogP contribution is 2.42. The lowest BCUT2D eigenvalue weighted by Gasteiger charge is -2.26. The number of benzene rings is 2. The average Bonchev–Trinajstić information content (AvgIpc) is 2.40. The van der Waals surface area contributed by atoms with E-state index >= 15 is 0 Å². The third-order valence-electron chi connectivity index (χ3n) is 4.66. The van der Waals surface area contributed by atoms with E-state index in [4.69, 9.17) is 0 Å². The molecule has 114 valence electrons. The number of fused-ring (bicyclic) bond motifs is 1. The van der Waals surface area contributed by atoms with Crippen LogP contribution in [0, 0.1) is 19.8 Å². The van der Waals surface area contributed by atoms with Crippen LogP contribution in [0.3, 0.4) is 0 Å². The molecule has 0 atom stereocenters. The fourth-order valence-electron chi connectivity index (χ4n) is 3.71. The van der Waals surface area contributed by atoms with E-state index in [1.807, 2.05) is 0 Å². The summed E-state index contributed by atoms with van der Waals surface area (Å²) in [6.07, 6.45) is 4.67. The Bertz CT molecular complexity index is 745. The Morgan fingerprint density at radius 2 is 1.77 bits per heavy atom. The first kappa shape index (κ1) is 15.1. The summed E-state index contributed by atoms with van der Waals surface area (Å²) in [5.41, 5.74) is 11.6. The molecular formula is C22H26. The molecule has 3 rings (SSSR count). The first-order valence-electron chi connectivity index (χ1n) is 8.45. The normalized spacial score (nSPS) is 12.9. The van der Waals surface area contributed by atoms with Crippen LogP contribution in [0.2, 0.25) is 0 Å². The molecule has 0 spiro atoms. The smallest absolute Gasteiger partial charge is 0.00961 e. The highest BCUT2D eigenvalue weighted by atomic mass is 14.3. The third-order valence-corrected chi connectivity index (χ3v) is 4.66. The van der Waals surface area contributed by atoms with Crippen LogP contribution < -0.4 is 0 Å². The maximum Gasteiger partial charge on any atom is -0.00961 e. The van der Waals surface area contributed by atoms with Crippen molar-refractivity contribution in [2.24, 2.45) is 5.92 Å². The monoisotopic (exact) mass is 290 g/mol. The molecule has 2 aromatic rings. The van der Waals surface area contributed by atoms with E-state index < -0.39 is 0 Å². The van der Waals surface area contributed by atoms with Crippen molar-refractivity contribution in [2.45, 2.75) is 47.5 Å². The van der Waals surface area contributed by atoms with Crippen LogP contribution in [0.15, 0.2) is 30.3 Å². The molecule has 0 heteroatoms. The van der Waals surface area contributed by atoms with Crippen molar-refractivity contribution in [3.05, 3.63) is 69.3 Å². The minimum absolute atomic E-state index is 0.705. The summed E-state index contributed by atoms with van der Waals surface area (Å²) in [7, 11) is 0. The fraction of sp³-hybridized carbons (Fsp3) is 0.364. The summed E-state index contributed by atoms with van der Waals surface area (Å²) in [5.74, 6) is 0.705. The van der Waals surface area contributed by atoms with Gasteiger partial charge in [-0.1, -0.05) is 56.7 Å². The van der Waals surface area contributed by atoms with Gasteiger partial charge >= 0.3 is 0 Å². The topological polar surface area (TPSA) is 0 Å². The van der Waals surface area contributed by atoms with E-state index in [2.05, 4.69) is 71.0 Å². The minimum Gasteiger partial charge on any atom is -0.0625 e. The van der Waals surface area contributed by atoms with Crippen LogP contribution in [0.25, 0.3) is 11.6 Å². The molecule has 0 heterocycles. The van der Waals surface area contributed by atoms with E-state index in [1.54, 1.807) is 0 Å².